The molecule has 0 radical (unpaired) electrons. The van der Waals surface area contributed by atoms with Crippen LogP contribution in [-0.4, -0.2) is 6.36 Å². The van der Waals surface area contributed by atoms with Crippen molar-refractivity contribution in [2.45, 2.75) is 70.6 Å². The number of unbranched alkanes of at least 4 members (excludes halogenated alkanes) is 2. The second-order valence-electron chi connectivity index (χ2n) is 9.68. The van der Waals surface area contributed by atoms with Crippen molar-refractivity contribution < 1.29 is 31.1 Å². The first-order valence-electron chi connectivity index (χ1n) is 12.6. The van der Waals surface area contributed by atoms with E-state index < -0.39 is 29.6 Å². The van der Waals surface area contributed by atoms with Crippen molar-refractivity contribution in [1.29, 1.82) is 0 Å². The van der Waals surface area contributed by atoms with Gasteiger partial charge in [0.15, 0.2) is 11.6 Å². The maximum Gasteiger partial charge on any atom is 0.573 e. The van der Waals surface area contributed by atoms with E-state index in [1.54, 1.807) is 0 Å². The molecule has 4 rings (SSSR count). The quantitative estimate of drug-likeness (QED) is 0.179. The molecule has 0 spiro atoms. The van der Waals surface area contributed by atoms with E-state index in [-0.39, 0.29) is 22.3 Å². The number of fused-ring (bicyclic) bond motifs is 1. The number of halogens is 6. The minimum absolute atomic E-state index is 0.0888. The largest absolute Gasteiger partial charge is 0.573 e. The van der Waals surface area contributed by atoms with Crippen LogP contribution >= 0.6 is 0 Å². The lowest BCUT2D eigenvalue weighted by Gasteiger charge is -2.29. The van der Waals surface area contributed by atoms with Crippen LogP contribution in [0.5, 0.6) is 5.75 Å². The SMILES string of the molecule is CCCCCC1CCC(c2cc(F)c(C#Cc3ccc4c(F)c(OC(F)(F)F)ccc4c3)c(F)c2)CC1. The van der Waals surface area contributed by atoms with E-state index in [4.69, 9.17) is 0 Å². The maximum absolute atomic E-state index is 14.8. The summed E-state index contributed by atoms with van der Waals surface area (Å²) in [7, 11) is 0. The summed E-state index contributed by atoms with van der Waals surface area (Å²) in [6.07, 6.45) is 3.88. The number of alkyl halides is 3. The third-order valence-electron chi connectivity index (χ3n) is 7.07. The molecule has 1 aliphatic rings. The summed E-state index contributed by atoms with van der Waals surface area (Å²) in [5.74, 6) is 2.47. The predicted molar refractivity (Wildman–Crippen MR) is 132 cm³/mol. The van der Waals surface area contributed by atoms with Gasteiger partial charge in [-0.3, -0.25) is 0 Å². The van der Waals surface area contributed by atoms with Crippen LogP contribution in [0, 0.1) is 35.2 Å². The fourth-order valence-corrected chi connectivity index (χ4v) is 5.10. The Morgan fingerprint density at radius 2 is 1.57 bits per heavy atom. The minimum Gasteiger partial charge on any atom is -0.403 e. The molecule has 0 aromatic heterocycles. The highest BCUT2D eigenvalue weighted by Gasteiger charge is 2.32. The van der Waals surface area contributed by atoms with Gasteiger partial charge in [-0.15, -0.1) is 13.2 Å². The fourth-order valence-electron chi connectivity index (χ4n) is 5.10. The molecular weight excluding hydrogens is 490 g/mol. The third-order valence-corrected chi connectivity index (χ3v) is 7.07. The van der Waals surface area contributed by atoms with E-state index in [0.29, 0.717) is 17.0 Å². The molecule has 3 aromatic rings. The average molecular weight is 519 g/mol. The zero-order valence-corrected chi connectivity index (χ0v) is 20.5. The first-order chi connectivity index (χ1) is 17.6. The van der Waals surface area contributed by atoms with Gasteiger partial charge >= 0.3 is 6.36 Å². The van der Waals surface area contributed by atoms with Crippen molar-refractivity contribution in [3.05, 3.63) is 76.6 Å². The molecule has 196 valence electrons. The lowest BCUT2D eigenvalue weighted by molar-refractivity contribution is -0.275. The Labute approximate surface area is 212 Å². The van der Waals surface area contributed by atoms with E-state index in [0.717, 1.165) is 31.7 Å². The van der Waals surface area contributed by atoms with Crippen LogP contribution in [-0.2, 0) is 0 Å². The molecule has 0 atom stereocenters. The highest BCUT2D eigenvalue weighted by Crippen LogP contribution is 2.38. The monoisotopic (exact) mass is 518 g/mol. The Hall–Kier alpha value is -3.14. The van der Waals surface area contributed by atoms with Crippen LogP contribution in [0.15, 0.2) is 42.5 Å². The molecule has 0 aliphatic heterocycles. The van der Waals surface area contributed by atoms with Crippen LogP contribution in [0.25, 0.3) is 10.8 Å². The van der Waals surface area contributed by atoms with Crippen molar-refractivity contribution in [3.63, 3.8) is 0 Å². The Balaban J connectivity index is 1.48. The summed E-state index contributed by atoms with van der Waals surface area (Å²) in [5, 5.41) is 0.189. The molecule has 0 heterocycles. The van der Waals surface area contributed by atoms with Crippen molar-refractivity contribution in [1.82, 2.24) is 0 Å². The third kappa shape index (κ3) is 6.80. The molecule has 1 fully saturated rings. The van der Waals surface area contributed by atoms with Gasteiger partial charge in [-0.2, -0.15) is 0 Å². The summed E-state index contributed by atoms with van der Waals surface area (Å²) in [6, 6.07) is 8.94. The Kier molecular flexibility index (Phi) is 8.36. The first-order valence-corrected chi connectivity index (χ1v) is 12.6. The van der Waals surface area contributed by atoms with E-state index in [1.165, 1.54) is 62.1 Å². The Morgan fingerprint density at radius 3 is 2.22 bits per heavy atom. The minimum atomic E-state index is -5.02. The molecule has 0 bridgehead atoms. The maximum atomic E-state index is 14.8. The number of rotatable bonds is 6. The predicted octanol–water partition coefficient (Wildman–Crippen LogP) is 9.41. The molecule has 1 saturated carbocycles. The Bertz CT molecular complexity index is 1290. The molecule has 0 unspecified atom stereocenters. The van der Waals surface area contributed by atoms with Crippen molar-refractivity contribution in [2.24, 2.45) is 5.92 Å². The summed E-state index contributed by atoms with van der Waals surface area (Å²) in [6.45, 7) is 2.19. The first kappa shape index (κ1) is 26.9. The summed E-state index contributed by atoms with van der Waals surface area (Å²) in [4.78, 5) is 0. The topological polar surface area (TPSA) is 9.23 Å². The highest BCUT2D eigenvalue weighted by molar-refractivity contribution is 5.86. The van der Waals surface area contributed by atoms with Crippen LogP contribution < -0.4 is 4.74 Å². The molecule has 0 amide bonds. The van der Waals surface area contributed by atoms with Crippen molar-refractivity contribution in [2.75, 3.05) is 0 Å². The zero-order valence-electron chi connectivity index (χ0n) is 20.5. The lowest BCUT2D eigenvalue weighted by atomic mass is 9.77. The number of hydrogen-bond donors (Lipinski definition) is 0. The van der Waals surface area contributed by atoms with Gasteiger partial charge in [0.25, 0.3) is 0 Å². The van der Waals surface area contributed by atoms with Gasteiger partial charge in [0.1, 0.15) is 11.6 Å². The number of benzene rings is 3. The van der Waals surface area contributed by atoms with Crippen LogP contribution in [0.2, 0.25) is 0 Å². The van der Waals surface area contributed by atoms with Gasteiger partial charge in [-0.1, -0.05) is 56.6 Å². The van der Waals surface area contributed by atoms with Gasteiger partial charge in [-0.25, -0.2) is 13.2 Å². The normalized spacial score (nSPS) is 17.9. The number of ether oxygens (including phenoxy) is 1. The lowest BCUT2D eigenvalue weighted by Crippen LogP contribution is -2.17. The van der Waals surface area contributed by atoms with Gasteiger partial charge in [-0.05, 0) is 78.8 Å². The van der Waals surface area contributed by atoms with E-state index in [2.05, 4.69) is 23.5 Å². The van der Waals surface area contributed by atoms with Crippen molar-refractivity contribution in [3.8, 4) is 17.6 Å². The molecule has 3 aromatic carbocycles. The second kappa shape index (κ2) is 11.5. The van der Waals surface area contributed by atoms with E-state index in [9.17, 15) is 26.3 Å². The van der Waals surface area contributed by atoms with Crippen LogP contribution in [0.4, 0.5) is 26.3 Å². The van der Waals surface area contributed by atoms with Crippen molar-refractivity contribution >= 4 is 10.8 Å². The zero-order chi connectivity index (χ0) is 26.6. The standard InChI is InChI=1S/C30H28F6O/c1-2-3-4-5-19-6-10-21(11-7-19)23-17-26(31)25(27(32)18-23)14-9-20-8-13-24-22(16-20)12-15-28(29(24)33)37-30(34,35)36/h8,12-13,15-19,21H,2-7,10-11H2,1H3. The molecule has 1 nitrogen and oxygen atoms in total. The smallest absolute Gasteiger partial charge is 0.403 e. The summed E-state index contributed by atoms with van der Waals surface area (Å²) < 4.78 is 85.1. The van der Waals surface area contributed by atoms with Gasteiger partial charge in [0.05, 0.1) is 5.56 Å². The van der Waals surface area contributed by atoms with Gasteiger partial charge in [0.2, 0.25) is 0 Å². The average Bonchev–Trinajstić information content (AvgIpc) is 2.85. The molecule has 1 aliphatic carbocycles. The molecule has 7 heteroatoms. The second-order valence-corrected chi connectivity index (χ2v) is 9.68. The van der Waals surface area contributed by atoms with E-state index in [1.807, 2.05) is 0 Å². The highest BCUT2D eigenvalue weighted by atomic mass is 19.4. The summed E-state index contributed by atoms with van der Waals surface area (Å²) in [5.41, 5.74) is 0.642. The Morgan fingerprint density at radius 1 is 0.865 bits per heavy atom. The van der Waals surface area contributed by atoms with Gasteiger partial charge < -0.3 is 4.74 Å². The molecule has 0 N–H and O–H groups in total. The van der Waals surface area contributed by atoms with E-state index >= 15 is 0 Å². The molecular formula is C30H28F6O. The van der Waals surface area contributed by atoms with Gasteiger partial charge in [0, 0.05) is 10.9 Å². The van der Waals surface area contributed by atoms with Crippen LogP contribution in [0.3, 0.4) is 0 Å². The summed E-state index contributed by atoms with van der Waals surface area (Å²) >= 11 is 0. The number of hydrogen-bond acceptors (Lipinski definition) is 1. The van der Waals surface area contributed by atoms with Crippen LogP contribution in [0.1, 0.15) is 80.9 Å². The fraction of sp³-hybridized carbons (Fsp3) is 0.400. The molecule has 0 saturated heterocycles. The molecule has 37 heavy (non-hydrogen) atoms.